The van der Waals surface area contributed by atoms with E-state index < -0.39 is 5.60 Å². The smallest absolute Gasteiger partial charge is 0.410 e. The Hall–Kier alpha value is -2.24. The molecule has 2 amide bonds. The van der Waals surface area contributed by atoms with Crippen molar-refractivity contribution in [1.82, 2.24) is 9.80 Å². The zero-order chi connectivity index (χ0) is 20.1. The van der Waals surface area contributed by atoms with E-state index in [0.29, 0.717) is 18.7 Å². The van der Waals surface area contributed by atoms with E-state index in [1.54, 1.807) is 4.90 Å². The number of hydrogen-bond acceptors (Lipinski definition) is 4. The predicted molar refractivity (Wildman–Crippen MR) is 108 cm³/mol. The van der Waals surface area contributed by atoms with Crippen LogP contribution in [-0.4, -0.2) is 59.7 Å². The van der Waals surface area contributed by atoms with Crippen LogP contribution < -0.4 is 4.74 Å². The van der Waals surface area contributed by atoms with Gasteiger partial charge in [-0.2, -0.15) is 0 Å². The second kappa shape index (κ2) is 8.84. The highest BCUT2D eigenvalue weighted by Gasteiger charge is 2.28. The number of ether oxygens (including phenoxy) is 2. The topological polar surface area (TPSA) is 59.1 Å². The summed E-state index contributed by atoms with van der Waals surface area (Å²) in [5.74, 6) is 0.825. The van der Waals surface area contributed by atoms with Gasteiger partial charge in [0.15, 0.2) is 0 Å². The molecule has 2 aliphatic rings. The van der Waals surface area contributed by atoms with E-state index in [4.69, 9.17) is 9.47 Å². The van der Waals surface area contributed by atoms with Crippen LogP contribution in [0.4, 0.5) is 4.79 Å². The highest BCUT2D eigenvalue weighted by molar-refractivity contribution is 5.94. The van der Waals surface area contributed by atoms with Gasteiger partial charge in [0.1, 0.15) is 17.5 Å². The van der Waals surface area contributed by atoms with Crippen LogP contribution in [0, 0.1) is 0 Å². The minimum Gasteiger partial charge on any atom is -0.489 e. The summed E-state index contributed by atoms with van der Waals surface area (Å²) in [6.45, 7) is 8.52. The normalized spacial score (nSPS) is 20.6. The molecule has 1 aromatic rings. The Kier molecular flexibility index (Phi) is 6.47. The van der Waals surface area contributed by atoms with Crippen molar-refractivity contribution in [3.8, 4) is 5.75 Å². The monoisotopic (exact) mass is 388 g/mol. The molecule has 6 heteroatoms. The molecule has 28 heavy (non-hydrogen) atoms. The van der Waals surface area contributed by atoms with Crippen LogP contribution in [0.5, 0.6) is 5.75 Å². The first kappa shape index (κ1) is 20.5. The lowest BCUT2D eigenvalue weighted by Gasteiger charge is -2.34. The fourth-order valence-corrected chi connectivity index (χ4v) is 3.67. The van der Waals surface area contributed by atoms with Gasteiger partial charge >= 0.3 is 6.09 Å². The van der Waals surface area contributed by atoms with Gasteiger partial charge in [-0.3, -0.25) is 4.79 Å². The Labute approximate surface area is 167 Å². The van der Waals surface area contributed by atoms with Crippen LogP contribution in [0.2, 0.25) is 0 Å². The number of carbonyl (C=O) groups excluding carboxylic acids is 2. The van der Waals surface area contributed by atoms with Crippen molar-refractivity contribution in [2.24, 2.45) is 0 Å². The molecule has 0 spiro atoms. The van der Waals surface area contributed by atoms with Crippen LogP contribution in [0.3, 0.4) is 0 Å². The van der Waals surface area contributed by atoms with Gasteiger partial charge in [0, 0.05) is 25.2 Å². The van der Waals surface area contributed by atoms with E-state index in [-0.39, 0.29) is 18.1 Å². The van der Waals surface area contributed by atoms with Crippen LogP contribution in [-0.2, 0) is 4.74 Å². The highest BCUT2D eigenvalue weighted by atomic mass is 16.6. The lowest BCUT2D eigenvalue weighted by atomic mass is 10.1. The summed E-state index contributed by atoms with van der Waals surface area (Å²) < 4.78 is 11.5. The third kappa shape index (κ3) is 5.63. The molecule has 0 bridgehead atoms. The van der Waals surface area contributed by atoms with Crippen LogP contribution in [0.15, 0.2) is 24.3 Å². The predicted octanol–water partition coefficient (Wildman–Crippen LogP) is 4.09. The van der Waals surface area contributed by atoms with E-state index >= 15 is 0 Å². The Morgan fingerprint density at radius 1 is 0.929 bits per heavy atom. The second-order valence-corrected chi connectivity index (χ2v) is 8.69. The molecule has 2 saturated heterocycles. The molecular weight excluding hydrogens is 356 g/mol. The Balaban J connectivity index is 1.54. The van der Waals surface area contributed by atoms with Crippen molar-refractivity contribution < 1.29 is 19.1 Å². The Bertz CT molecular complexity index is 675. The lowest BCUT2D eigenvalue weighted by Crippen LogP contribution is -2.46. The van der Waals surface area contributed by atoms with E-state index in [9.17, 15) is 9.59 Å². The summed E-state index contributed by atoms with van der Waals surface area (Å²) in [6, 6.07) is 7.37. The number of amides is 2. The van der Waals surface area contributed by atoms with Gasteiger partial charge in [-0.1, -0.05) is 0 Å². The van der Waals surface area contributed by atoms with E-state index in [1.807, 2.05) is 49.9 Å². The van der Waals surface area contributed by atoms with Crippen molar-refractivity contribution in [2.45, 2.75) is 64.6 Å². The molecule has 1 atom stereocenters. The minimum absolute atomic E-state index is 0.0649. The first-order valence-corrected chi connectivity index (χ1v) is 10.4. The molecule has 3 rings (SSSR count). The molecule has 2 heterocycles. The van der Waals surface area contributed by atoms with Gasteiger partial charge in [-0.15, -0.1) is 0 Å². The number of piperidine rings is 2. The van der Waals surface area contributed by atoms with Gasteiger partial charge in [0.2, 0.25) is 0 Å². The minimum atomic E-state index is -0.498. The van der Waals surface area contributed by atoms with Crippen molar-refractivity contribution >= 4 is 12.0 Å². The zero-order valence-corrected chi connectivity index (χ0v) is 17.3. The van der Waals surface area contributed by atoms with Gasteiger partial charge in [-0.25, -0.2) is 4.79 Å². The highest BCUT2D eigenvalue weighted by Crippen LogP contribution is 2.22. The molecule has 1 aromatic carbocycles. The number of carbonyl (C=O) groups is 2. The van der Waals surface area contributed by atoms with Gasteiger partial charge < -0.3 is 19.3 Å². The van der Waals surface area contributed by atoms with Gasteiger partial charge in [-0.05, 0) is 77.1 Å². The van der Waals surface area contributed by atoms with Crippen LogP contribution in [0.25, 0.3) is 0 Å². The number of likely N-dealkylation sites (tertiary alicyclic amines) is 2. The van der Waals surface area contributed by atoms with E-state index in [0.717, 1.165) is 44.5 Å². The van der Waals surface area contributed by atoms with Crippen molar-refractivity contribution in [3.63, 3.8) is 0 Å². The maximum Gasteiger partial charge on any atom is 0.410 e. The SMILES string of the molecule is CC(C)(C)OC(=O)N1CCCC(Oc2ccc(C(=O)N3CCCCC3)cc2)C1. The quantitative estimate of drug-likeness (QED) is 0.782. The van der Waals surface area contributed by atoms with Crippen LogP contribution in [0.1, 0.15) is 63.2 Å². The molecule has 0 radical (unpaired) electrons. The molecule has 2 aliphatic heterocycles. The molecule has 0 saturated carbocycles. The summed E-state index contributed by atoms with van der Waals surface area (Å²) in [4.78, 5) is 28.5. The Morgan fingerprint density at radius 2 is 1.57 bits per heavy atom. The molecule has 2 fully saturated rings. The van der Waals surface area contributed by atoms with Crippen molar-refractivity contribution in [2.75, 3.05) is 26.2 Å². The molecule has 0 aromatic heterocycles. The second-order valence-electron chi connectivity index (χ2n) is 8.69. The largest absolute Gasteiger partial charge is 0.489 e. The fourth-order valence-electron chi connectivity index (χ4n) is 3.67. The van der Waals surface area contributed by atoms with Crippen molar-refractivity contribution in [1.29, 1.82) is 0 Å². The number of hydrogen-bond donors (Lipinski definition) is 0. The molecule has 154 valence electrons. The fraction of sp³-hybridized carbons (Fsp3) is 0.636. The van der Waals surface area contributed by atoms with E-state index in [1.165, 1.54) is 6.42 Å². The average molecular weight is 389 g/mol. The molecule has 1 unspecified atom stereocenters. The molecule has 6 nitrogen and oxygen atoms in total. The summed E-state index contributed by atoms with van der Waals surface area (Å²) in [5, 5.41) is 0. The van der Waals surface area contributed by atoms with Gasteiger partial charge in [0.25, 0.3) is 5.91 Å². The number of nitrogens with zero attached hydrogens (tertiary/aromatic N) is 2. The maximum atomic E-state index is 12.6. The summed E-state index contributed by atoms with van der Waals surface area (Å²) in [5.41, 5.74) is 0.204. The summed E-state index contributed by atoms with van der Waals surface area (Å²) in [7, 11) is 0. The van der Waals surface area contributed by atoms with Crippen LogP contribution >= 0.6 is 0 Å². The number of rotatable bonds is 3. The number of benzene rings is 1. The first-order valence-electron chi connectivity index (χ1n) is 10.4. The third-order valence-corrected chi connectivity index (χ3v) is 5.08. The zero-order valence-electron chi connectivity index (χ0n) is 17.3. The lowest BCUT2D eigenvalue weighted by molar-refractivity contribution is 0.00774. The maximum absolute atomic E-state index is 12.6. The molecule has 0 aliphatic carbocycles. The third-order valence-electron chi connectivity index (χ3n) is 5.08. The van der Waals surface area contributed by atoms with Crippen molar-refractivity contribution in [3.05, 3.63) is 29.8 Å². The first-order chi connectivity index (χ1) is 13.3. The summed E-state index contributed by atoms with van der Waals surface area (Å²) in [6.07, 6.45) is 4.81. The average Bonchev–Trinajstić information content (AvgIpc) is 2.68. The standard InChI is InChI=1S/C22H32N2O4/c1-22(2,3)28-21(26)24-15-7-8-19(16-24)27-18-11-9-17(10-12-18)20(25)23-13-5-4-6-14-23/h9-12,19H,4-8,13-16H2,1-3H3. The van der Waals surface area contributed by atoms with Gasteiger partial charge in [0.05, 0.1) is 6.54 Å². The van der Waals surface area contributed by atoms with E-state index in [2.05, 4.69) is 0 Å². The molecular formula is C22H32N2O4. The molecule has 0 N–H and O–H groups in total. The summed E-state index contributed by atoms with van der Waals surface area (Å²) >= 11 is 0. The Morgan fingerprint density at radius 3 is 2.21 bits per heavy atom.